The van der Waals surface area contributed by atoms with Crippen molar-refractivity contribution in [2.24, 2.45) is 5.92 Å². The largest absolute Gasteiger partial charge is 0.466 e. The minimum Gasteiger partial charge on any atom is -0.466 e. The summed E-state index contributed by atoms with van der Waals surface area (Å²) in [4.78, 5) is 34.3. The van der Waals surface area contributed by atoms with Gasteiger partial charge in [0.25, 0.3) is 5.91 Å². The van der Waals surface area contributed by atoms with E-state index in [1.807, 2.05) is 0 Å². The minimum absolute atomic E-state index is 0.0537. The Balaban J connectivity index is 1.60. The zero-order valence-electron chi connectivity index (χ0n) is 13.6. The number of aromatic nitrogens is 3. The van der Waals surface area contributed by atoms with Gasteiger partial charge in [-0.2, -0.15) is 0 Å². The van der Waals surface area contributed by atoms with Crippen molar-refractivity contribution in [2.45, 2.75) is 19.8 Å². The number of nitrogens with zero attached hydrogens (tertiary/aromatic N) is 4. The number of imidazole rings is 1. The summed E-state index contributed by atoms with van der Waals surface area (Å²) in [6.45, 7) is 3.32. The molecule has 0 aliphatic carbocycles. The monoisotopic (exact) mass is 328 g/mol. The molecule has 0 saturated carbocycles. The van der Waals surface area contributed by atoms with Crippen LogP contribution < -0.4 is 0 Å². The quantitative estimate of drug-likeness (QED) is 0.798. The fourth-order valence-corrected chi connectivity index (χ4v) is 2.82. The van der Waals surface area contributed by atoms with Crippen molar-refractivity contribution < 1.29 is 14.3 Å². The molecule has 1 fully saturated rings. The van der Waals surface area contributed by atoms with Gasteiger partial charge in [0.2, 0.25) is 0 Å². The molecule has 3 rings (SSSR count). The Bertz CT molecular complexity index is 689. The first-order chi connectivity index (χ1) is 11.7. The van der Waals surface area contributed by atoms with Crippen LogP contribution in [0.1, 0.15) is 30.1 Å². The van der Waals surface area contributed by atoms with Crippen LogP contribution in [-0.2, 0) is 9.53 Å². The highest BCUT2D eigenvalue weighted by molar-refractivity contribution is 5.94. The van der Waals surface area contributed by atoms with E-state index >= 15 is 0 Å². The number of esters is 1. The van der Waals surface area contributed by atoms with Crippen LogP contribution in [0.5, 0.6) is 0 Å². The highest BCUT2D eigenvalue weighted by Crippen LogP contribution is 2.20. The van der Waals surface area contributed by atoms with Crippen LogP contribution in [0, 0.1) is 5.92 Å². The standard InChI is InChI=1S/C17H20N4O3/c1-2-24-17(23)13-5-8-20(9-6-13)16(22)14-3-4-15(19-11-14)21-10-7-18-12-21/h3-4,7,10-13H,2,5-6,8-9H2,1H3. The topological polar surface area (TPSA) is 77.3 Å². The second kappa shape index (κ2) is 7.25. The fourth-order valence-electron chi connectivity index (χ4n) is 2.82. The average molecular weight is 328 g/mol. The SMILES string of the molecule is CCOC(=O)C1CCN(C(=O)c2ccc(-n3ccnc3)nc2)CC1. The predicted molar refractivity (Wildman–Crippen MR) is 86.6 cm³/mol. The Hall–Kier alpha value is -2.70. The lowest BCUT2D eigenvalue weighted by molar-refractivity contribution is -0.149. The maximum absolute atomic E-state index is 12.6. The summed E-state index contributed by atoms with van der Waals surface area (Å²) in [7, 11) is 0. The number of carbonyl (C=O) groups is 2. The molecule has 0 N–H and O–H groups in total. The number of ether oxygens (including phenoxy) is 1. The number of hydrogen-bond acceptors (Lipinski definition) is 5. The molecular weight excluding hydrogens is 308 g/mol. The first kappa shape index (κ1) is 16.2. The van der Waals surface area contributed by atoms with Crippen molar-refractivity contribution >= 4 is 11.9 Å². The van der Waals surface area contributed by atoms with E-state index < -0.39 is 0 Å². The molecule has 1 aliphatic rings. The van der Waals surface area contributed by atoms with E-state index in [0.29, 0.717) is 43.9 Å². The maximum Gasteiger partial charge on any atom is 0.309 e. The zero-order valence-corrected chi connectivity index (χ0v) is 13.6. The predicted octanol–water partition coefficient (Wildman–Crippen LogP) is 1.68. The maximum atomic E-state index is 12.6. The Morgan fingerprint density at radius 3 is 2.67 bits per heavy atom. The lowest BCUT2D eigenvalue weighted by Crippen LogP contribution is -2.40. The van der Waals surface area contributed by atoms with E-state index in [2.05, 4.69) is 9.97 Å². The molecule has 0 bridgehead atoms. The highest BCUT2D eigenvalue weighted by Gasteiger charge is 2.28. The van der Waals surface area contributed by atoms with Gasteiger partial charge in [-0.3, -0.25) is 14.2 Å². The first-order valence-electron chi connectivity index (χ1n) is 8.09. The molecule has 0 aromatic carbocycles. The molecule has 0 radical (unpaired) electrons. The Morgan fingerprint density at radius 2 is 2.08 bits per heavy atom. The van der Waals surface area contributed by atoms with Gasteiger partial charge in [0.1, 0.15) is 12.1 Å². The van der Waals surface area contributed by atoms with Crippen LogP contribution in [0.25, 0.3) is 5.82 Å². The second-order valence-corrected chi connectivity index (χ2v) is 5.69. The van der Waals surface area contributed by atoms with Crippen molar-refractivity contribution in [3.63, 3.8) is 0 Å². The van der Waals surface area contributed by atoms with Crippen molar-refractivity contribution in [1.82, 2.24) is 19.4 Å². The van der Waals surface area contributed by atoms with Crippen molar-refractivity contribution in [3.8, 4) is 5.82 Å². The van der Waals surface area contributed by atoms with Gasteiger partial charge in [-0.15, -0.1) is 0 Å². The molecule has 3 heterocycles. The lowest BCUT2D eigenvalue weighted by atomic mass is 9.96. The van der Waals surface area contributed by atoms with Crippen LogP contribution >= 0.6 is 0 Å². The summed E-state index contributed by atoms with van der Waals surface area (Å²) in [5.74, 6) is 0.402. The van der Waals surface area contributed by atoms with E-state index in [-0.39, 0.29) is 17.8 Å². The second-order valence-electron chi connectivity index (χ2n) is 5.69. The summed E-state index contributed by atoms with van der Waals surface area (Å²) in [5, 5.41) is 0. The summed E-state index contributed by atoms with van der Waals surface area (Å²) >= 11 is 0. The van der Waals surface area contributed by atoms with Crippen LogP contribution in [-0.4, -0.2) is 51.0 Å². The van der Waals surface area contributed by atoms with Crippen LogP contribution in [0.3, 0.4) is 0 Å². The third-order valence-corrected chi connectivity index (χ3v) is 4.17. The summed E-state index contributed by atoms with van der Waals surface area (Å²) in [5.41, 5.74) is 0.549. The smallest absolute Gasteiger partial charge is 0.309 e. The van der Waals surface area contributed by atoms with E-state index in [4.69, 9.17) is 4.74 Å². The third-order valence-electron chi connectivity index (χ3n) is 4.17. The van der Waals surface area contributed by atoms with Crippen LogP contribution in [0.2, 0.25) is 0 Å². The molecule has 2 aromatic rings. The van der Waals surface area contributed by atoms with Crippen LogP contribution in [0.15, 0.2) is 37.1 Å². The normalized spacial score (nSPS) is 15.3. The van der Waals surface area contributed by atoms with E-state index in [0.717, 1.165) is 0 Å². The first-order valence-corrected chi connectivity index (χ1v) is 8.09. The summed E-state index contributed by atoms with van der Waals surface area (Å²) in [6, 6.07) is 3.56. The molecular formula is C17H20N4O3. The van der Waals surface area contributed by atoms with E-state index in [1.165, 1.54) is 0 Å². The van der Waals surface area contributed by atoms with Crippen molar-refractivity contribution in [1.29, 1.82) is 0 Å². The van der Waals surface area contributed by atoms with Gasteiger partial charge >= 0.3 is 5.97 Å². The van der Waals surface area contributed by atoms with Gasteiger partial charge in [-0.1, -0.05) is 0 Å². The molecule has 7 heteroatoms. The summed E-state index contributed by atoms with van der Waals surface area (Å²) < 4.78 is 6.83. The molecule has 7 nitrogen and oxygen atoms in total. The number of pyridine rings is 1. The van der Waals surface area contributed by atoms with E-state index in [9.17, 15) is 9.59 Å². The van der Waals surface area contributed by atoms with Crippen molar-refractivity contribution in [3.05, 3.63) is 42.6 Å². The fraction of sp³-hybridized carbons (Fsp3) is 0.412. The van der Waals surface area contributed by atoms with Gasteiger partial charge in [-0.05, 0) is 31.9 Å². The molecule has 0 spiro atoms. The third kappa shape index (κ3) is 3.45. The summed E-state index contributed by atoms with van der Waals surface area (Å²) in [6.07, 6.45) is 7.99. The highest BCUT2D eigenvalue weighted by atomic mass is 16.5. The number of piperidine rings is 1. The Morgan fingerprint density at radius 1 is 1.29 bits per heavy atom. The number of rotatable bonds is 4. The van der Waals surface area contributed by atoms with Gasteiger partial charge in [-0.25, -0.2) is 9.97 Å². The molecule has 1 amide bonds. The number of amides is 1. The molecule has 1 saturated heterocycles. The van der Waals surface area contributed by atoms with Gasteiger partial charge in [0.05, 0.1) is 18.1 Å². The minimum atomic E-state index is -0.157. The Kier molecular flexibility index (Phi) is 4.88. The molecule has 0 atom stereocenters. The van der Waals surface area contributed by atoms with Gasteiger partial charge in [0.15, 0.2) is 0 Å². The molecule has 1 aliphatic heterocycles. The number of carbonyl (C=O) groups excluding carboxylic acids is 2. The average Bonchev–Trinajstić information content (AvgIpc) is 3.16. The molecule has 126 valence electrons. The molecule has 2 aromatic heterocycles. The zero-order chi connectivity index (χ0) is 16.9. The van der Waals surface area contributed by atoms with Gasteiger partial charge in [0, 0.05) is 31.7 Å². The van der Waals surface area contributed by atoms with E-state index in [1.54, 1.807) is 53.4 Å². The van der Waals surface area contributed by atoms with Crippen molar-refractivity contribution in [2.75, 3.05) is 19.7 Å². The molecule has 24 heavy (non-hydrogen) atoms. The number of hydrogen-bond donors (Lipinski definition) is 0. The number of likely N-dealkylation sites (tertiary alicyclic amines) is 1. The molecule has 0 unspecified atom stereocenters. The Labute approximate surface area is 140 Å². The van der Waals surface area contributed by atoms with Gasteiger partial charge < -0.3 is 9.64 Å². The van der Waals surface area contributed by atoms with Crippen LogP contribution in [0.4, 0.5) is 0 Å². The lowest BCUT2D eigenvalue weighted by Gasteiger charge is -2.30.